The van der Waals surface area contributed by atoms with Crippen molar-refractivity contribution in [3.8, 4) is 0 Å². The molecule has 0 unspecified atom stereocenters. The zero-order valence-electron chi connectivity index (χ0n) is 13.8. The molecule has 1 amide bonds. The molecule has 3 heterocycles. The number of fused-ring (bicyclic) bond motifs is 3. The molecule has 0 aliphatic heterocycles. The van der Waals surface area contributed by atoms with E-state index in [-0.39, 0.29) is 18.0 Å². The minimum Gasteiger partial charge on any atom is -0.309 e. The van der Waals surface area contributed by atoms with Gasteiger partial charge in [-0.05, 0) is 47.1 Å². The first-order chi connectivity index (χ1) is 12.5. The molecule has 4 rings (SSSR count). The van der Waals surface area contributed by atoms with E-state index in [0.29, 0.717) is 22.4 Å². The summed E-state index contributed by atoms with van der Waals surface area (Å²) in [5.74, 6) is 0.0886. The maximum atomic E-state index is 12.9. The zero-order valence-corrected chi connectivity index (χ0v) is 15.4. The van der Waals surface area contributed by atoms with E-state index in [9.17, 15) is 9.59 Å². The van der Waals surface area contributed by atoms with E-state index in [1.54, 1.807) is 41.0 Å². The van der Waals surface area contributed by atoms with Crippen LogP contribution < -0.4 is 10.9 Å². The number of nitrogens with zero attached hydrogens (tertiary/aromatic N) is 4. The molecular weight excluding hydrogens is 398 g/mol. The van der Waals surface area contributed by atoms with Crippen LogP contribution in [0.4, 0.5) is 5.82 Å². The fourth-order valence-electron chi connectivity index (χ4n) is 2.87. The maximum Gasteiger partial charge on any atom is 0.262 e. The lowest BCUT2D eigenvalue weighted by molar-refractivity contribution is -0.116. The summed E-state index contributed by atoms with van der Waals surface area (Å²) >= 11 is 3.30. The van der Waals surface area contributed by atoms with Gasteiger partial charge in [0.05, 0.1) is 16.6 Å². The second kappa shape index (κ2) is 6.38. The van der Waals surface area contributed by atoms with E-state index < -0.39 is 0 Å². The summed E-state index contributed by atoms with van der Waals surface area (Å²) in [5.41, 5.74) is 1.83. The number of hydrogen-bond donors (Lipinski definition) is 1. The average molecular weight is 412 g/mol. The third-order valence-electron chi connectivity index (χ3n) is 3.99. The second-order valence-corrected chi connectivity index (χ2v) is 6.79. The van der Waals surface area contributed by atoms with E-state index in [0.717, 1.165) is 10.2 Å². The highest BCUT2D eigenvalue weighted by atomic mass is 79.9. The van der Waals surface area contributed by atoms with Gasteiger partial charge in [-0.2, -0.15) is 5.10 Å². The fourth-order valence-corrected chi connectivity index (χ4v) is 3.11. The molecule has 1 aromatic carbocycles. The van der Waals surface area contributed by atoms with Crippen LogP contribution in [0.1, 0.15) is 5.69 Å². The van der Waals surface area contributed by atoms with Crippen molar-refractivity contribution < 1.29 is 4.79 Å². The van der Waals surface area contributed by atoms with Crippen LogP contribution in [0.5, 0.6) is 0 Å². The third-order valence-corrected chi connectivity index (χ3v) is 4.46. The molecule has 130 valence electrons. The van der Waals surface area contributed by atoms with E-state index >= 15 is 0 Å². The van der Waals surface area contributed by atoms with Gasteiger partial charge in [0.15, 0.2) is 0 Å². The Kier molecular flexibility index (Phi) is 4.04. The van der Waals surface area contributed by atoms with Gasteiger partial charge in [0.1, 0.15) is 18.0 Å². The van der Waals surface area contributed by atoms with Crippen molar-refractivity contribution in [1.29, 1.82) is 0 Å². The van der Waals surface area contributed by atoms with Gasteiger partial charge >= 0.3 is 0 Å². The summed E-state index contributed by atoms with van der Waals surface area (Å²) in [4.78, 5) is 29.5. The zero-order chi connectivity index (χ0) is 18.3. The molecule has 26 heavy (non-hydrogen) atoms. The first kappa shape index (κ1) is 16.5. The van der Waals surface area contributed by atoms with Crippen LogP contribution in [0.3, 0.4) is 0 Å². The number of anilines is 1. The van der Waals surface area contributed by atoms with E-state index in [1.165, 1.54) is 4.57 Å². The summed E-state index contributed by atoms with van der Waals surface area (Å²) in [6, 6.07) is 12.5. The maximum absolute atomic E-state index is 12.9. The smallest absolute Gasteiger partial charge is 0.262 e. The quantitative estimate of drug-likeness (QED) is 0.561. The molecule has 0 aliphatic rings. The number of aromatic nitrogens is 4. The average Bonchev–Trinajstić information content (AvgIpc) is 3.02. The lowest BCUT2D eigenvalue weighted by Gasteiger charge is -2.11. The highest BCUT2D eigenvalue weighted by Crippen LogP contribution is 2.15. The van der Waals surface area contributed by atoms with Crippen molar-refractivity contribution in [3.63, 3.8) is 0 Å². The molecule has 1 N–H and O–H groups in total. The monoisotopic (exact) mass is 411 g/mol. The Hall–Kier alpha value is -3.00. The predicted octanol–water partition coefficient (Wildman–Crippen LogP) is 2.75. The summed E-state index contributed by atoms with van der Waals surface area (Å²) < 4.78 is 3.94. The lowest BCUT2D eigenvalue weighted by Crippen LogP contribution is -2.29. The molecule has 0 fully saturated rings. The summed E-state index contributed by atoms with van der Waals surface area (Å²) in [5, 5.41) is 7.67. The summed E-state index contributed by atoms with van der Waals surface area (Å²) in [6.45, 7) is 1.72. The van der Waals surface area contributed by atoms with E-state index in [2.05, 4.69) is 31.3 Å². The van der Waals surface area contributed by atoms with Crippen LogP contribution in [-0.2, 0) is 11.3 Å². The molecule has 0 aliphatic carbocycles. The van der Waals surface area contributed by atoms with Gasteiger partial charge in [0, 0.05) is 16.7 Å². The van der Waals surface area contributed by atoms with Crippen LogP contribution in [0.2, 0.25) is 0 Å². The number of carbonyl (C=O) groups excluding carboxylic acids is 1. The number of halogens is 1. The molecular formula is C18H14BrN5O2. The molecule has 3 aromatic heterocycles. The van der Waals surface area contributed by atoms with Crippen LogP contribution >= 0.6 is 15.9 Å². The highest BCUT2D eigenvalue weighted by molar-refractivity contribution is 9.10. The SMILES string of the molecule is Cc1cc2n(CC(=O)Nc3ccc(Br)cn3)c(=O)c3ccccc3n2n1. The van der Waals surface area contributed by atoms with Gasteiger partial charge in [-0.15, -0.1) is 0 Å². The Morgan fingerprint density at radius 2 is 2.04 bits per heavy atom. The second-order valence-electron chi connectivity index (χ2n) is 5.87. The first-order valence-corrected chi connectivity index (χ1v) is 8.71. The molecule has 0 spiro atoms. The fraction of sp³-hybridized carbons (Fsp3) is 0.111. The normalized spacial score (nSPS) is 11.2. The van der Waals surface area contributed by atoms with Gasteiger partial charge in [0.25, 0.3) is 5.56 Å². The number of benzene rings is 1. The molecule has 4 aromatic rings. The number of amides is 1. The minimum absolute atomic E-state index is 0.129. The Bertz CT molecular complexity index is 1190. The third kappa shape index (κ3) is 2.88. The first-order valence-electron chi connectivity index (χ1n) is 7.92. The Balaban J connectivity index is 1.77. The lowest BCUT2D eigenvalue weighted by atomic mass is 10.2. The Morgan fingerprint density at radius 1 is 1.23 bits per heavy atom. The van der Waals surface area contributed by atoms with Crippen molar-refractivity contribution in [2.24, 2.45) is 0 Å². The van der Waals surface area contributed by atoms with Crippen molar-refractivity contribution in [3.05, 3.63) is 69.2 Å². The molecule has 0 saturated heterocycles. The van der Waals surface area contributed by atoms with Gasteiger partial charge in [-0.3, -0.25) is 14.2 Å². The van der Waals surface area contributed by atoms with Crippen LogP contribution in [0.15, 0.2) is 57.9 Å². The number of carbonyl (C=O) groups is 1. The number of aryl methyl sites for hydroxylation is 1. The molecule has 8 heteroatoms. The number of nitrogens with one attached hydrogen (secondary N) is 1. The molecule has 0 radical (unpaired) electrons. The van der Waals surface area contributed by atoms with Gasteiger partial charge in [-0.25, -0.2) is 9.50 Å². The highest BCUT2D eigenvalue weighted by Gasteiger charge is 2.15. The molecule has 7 nitrogen and oxygen atoms in total. The summed E-state index contributed by atoms with van der Waals surface area (Å²) in [7, 11) is 0. The topological polar surface area (TPSA) is 81.3 Å². The number of hydrogen-bond acceptors (Lipinski definition) is 4. The minimum atomic E-state index is -0.335. The van der Waals surface area contributed by atoms with Gasteiger partial charge in [-0.1, -0.05) is 12.1 Å². The van der Waals surface area contributed by atoms with Crippen LogP contribution in [0.25, 0.3) is 16.6 Å². The summed E-state index contributed by atoms with van der Waals surface area (Å²) in [6.07, 6.45) is 1.59. The van der Waals surface area contributed by atoms with E-state index in [1.807, 2.05) is 19.1 Å². The van der Waals surface area contributed by atoms with E-state index in [4.69, 9.17) is 0 Å². The van der Waals surface area contributed by atoms with Crippen LogP contribution in [0, 0.1) is 6.92 Å². The largest absolute Gasteiger partial charge is 0.309 e. The predicted molar refractivity (Wildman–Crippen MR) is 102 cm³/mol. The van der Waals surface area contributed by atoms with Crippen molar-refractivity contribution in [1.82, 2.24) is 19.2 Å². The van der Waals surface area contributed by atoms with Crippen molar-refractivity contribution in [2.75, 3.05) is 5.32 Å². The molecule has 0 atom stereocenters. The van der Waals surface area contributed by atoms with Crippen molar-refractivity contribution in [2.45, 2.75) is 13.5 Å². The van der Waals surface area contributed by atoms with Crippen molar-refractivity contribution >= 4 is 44.2 Å². The number of rotatable bonds is 3. The van der Waals surface area contributed by atoms with Crippen LogP contribution in [-0.4, -0.2) is 25.1 Å². The van der Waals surface area contributed by atoms with Gasteiger partial charge in [0.2, 0.25) is 5.91 Å². The number of para-hydroxylation sites is 1. The molecule has 0 bridgehead atoms. The number of pyridine rings is 1. The van der Waals surface area contributed by atoms with Gasteiger partial charge < -0.3 is 5.32 Å². The standard InChI is InChI=1S/C18H14BrN5O2/c1-11-8-17-23(10-16(25)21-15-7-6-12(19)9-20-15)18(26)13-4-2-3-5-14(13)24(17)22-11/h2-9H,10H2,1H3,(H,20,21,25). The Labute approximate surface area is 156 Å². The Morgan fingerprint density at radius 3 is 2.81 bits per heavy atom. The molecule has 0 saturated carbocycles.